The second-order valence-corrected chi connectivity index (χ2v) is 4.47. The van der Waals surface area contributed by atoms with Gasteiger partial charge in [0.2, 0.25) is 0 Å². The number of rotatable bonds is 2. The largest absolute Gasteiger partial charge is 0.508 e. The standard InChI is InChI=1S/C13H18O2/c1-9(8-14)12-6-10-4-2-3-5-11(10)7-13(12)15/h6-7,9,14-15H,2-5,8H2,1H3. The molecule has 0 aromatic heterocycles. The minimum atomic E-state index is 0.0252. The first-order chi connectivity index (χ1) is 7.22. The van der Waals surface area contributed by atoms with Crippen LogP contribution >= 0.6 is 0 Å². The molecule has 1 aromatic rings. The van der Waals surface area contributed by atoms with Crippen LogP contribution in [-0.4, -0.2) is 16.8 Å². The van der Waals surface area contributed by atoms with Crippen molar-refractivity contribution in [1.29, 1.82) is 0 Å². The summed E-state index contributed by atoms with van der Waals surface area (Å²) < 4.78 is 0. The van der Waals surface area contributed by atoms with Crippen molar-refractivity contribution < 1.29 is 10.2 Å². The molecule has 2 nitrogen and oxygen atoms in total. The molecule has 2 heteroatoms. The van der Waals surface area contributed by atoms with Crippen molar-refractivity contribution in [2.24, 2.45) is 0 Å². The van der Waals surface area contributed by atoms with Gasteiger partial charge in [0.05, 0.1) is 0 Å². The average molecular weight is 206 g/mol. The number of hydrogen-bond donors (Lipinski definition) is 2. The van der Waals surface area contributed by atoms with Crippen LogP contribution in [0.25, 0.3) is 0 Å². The lowest BCUT2D eigenvalue weighted by Crippen LogP contribution is -2.06. The Morgan fingerprint density at radius 3 is 2.40 bits per heavy atom. The number of phenols is 1. The number of aliphatic hydroxyl groups excluding tert-OH is 1. The Hall–Kier alpha value is -1.02. The normalized spacial score (nSPS) is 17.2. The van der Waals surface area contributed by atoms with E-state index in [1.807, 2.05) is 13.0 Å². The third kappa shape index (κ3) is 2.00. The first-order valence-electron chi connectivity index (χ1n) is 5.68. The summed E-state index contributed by atoms with van der Waals surface area (Å²) in [6.07, 6.45) is 4.66. The van der Waals surface area contributed by atoms with Crippen LogP contribution in [0.2, 0.25) is 0 Å². The first-order valence-corrected chi connectivity index (χ1v) is 5.68. The lowest BCUT2D eigenvalue weighted by atomic mass is 9.87. The number of aromatic hydroxyl groups is 1. The van der Waals surface area contributed by atoms with Crippen LogP contribution in [-0.2, 0) is 12.8 Å². The third-order valence-corrected chi connectivity index (χ3v) is 3.30. The van der Waals surface area contributed by atoms with Gasteiger partial charge in [0.25, 0.3) is 0 Å². The molecule has 0 radical (unpaired) electrons. The molecule has 0 fully saturated rings. The predicted molar refractivity (Wildman–Crippen MR) is 60.2 cm³/mol. The van der Waals surface area contributed by atoms with Gasteiger partial charge in [-0.25, -0.2) is 0 Å². The zero-order valence-corrected chi connectivity index (χ0v) is 9.16. The molecule has 1 unspecified atom stereocenters. The van der Waals surface area contributed by atoms with Gasteiger partial charge < -0.3 is 10.2 Å². The Balaban J connectivity index is 2.40. The second kappa shape index (κ2) is 4.23. The summed E-state index contributed by atoms with van der Waals surface area (Å²) in [5.74, 6) is 0.370. The van der Waals surface area contributed by atoms with Gasteiger partial charge in [-0.2, -0.15) is 0 Å². The number of aryl methyl sites for hydroxylation is 2. The molecule has 1 aliphatic carbocycles. The maximum Gasteiger partial charge on any atom is 0.119 e. The molecule has 82 valence electrons. The second-order valence-electron chi connectivity index (χ2n) is 4.47. The van der Waals surface area contributed by atoms with E-state index in [0.717, 1.165) is 18.4 Å². The van der Waals surface area contributed by atoms with Crippen molar-refractivity contribution in [3.63, 3.8) is 0 Å². The van der Waals surface area contributed by atoms with Crippen molar-refractivity contribution in [2.75, 3.05) is 6.61 Å². The molecule has 0 heterocycles. The summed E-state index contributed by atoms with van der Waals surface area (Å²) >= 11 is 0. The van der Waals surface area contributed by atoms with E-state index in [1.54, 1.807) is 0 Å². The zero-order valence-electron chi connectivity index (χ0n) is 9.16. The molecule has 0 aliphatic heterocycles. The van der Waals surface area contributed by atoms with Crippen LogP contribution in [0.1, 0.15) is 42.4 Å². The fourth-order valence-electron chi connectivity index (χ4n) is 2.28. The van der Waals surface area contributed by atoms with Crippen molar-refractivity contribution >= 4 is 0 Å². The minimum Gasteiger partial charge on any atom is -0.508 e. The van der Waals surface area contributed by atoms with Crippen molar-refractivity contribution in [3.8, 4) is 5.75 Å². The Kier molecular flexibility index (Phi) is 2.96. The highest BCUT2D eigenvalue weighted by Gasteiger charge is 2.15. The number of phenolic OH excluding ortho intramolecular Hbond substituents is 1. The lowest BCUT2D eigenvalue weighted by Gasteiger charge is -2.19. The number of benzene rings is 1. The molecule has 0 amide bonds. The van der Waals surface area contributed by atoms with E-state index in [0.29, 0.717) is 5.75 Å². The number of hydrogen-bond acceptors (Lipinski definition) is 2. The third-order valence-electron chi connectivity index (χ3n) is 3.30. The summed E-state index contributed by atoms with van der Waals surface area (Å²) in [6, 6.07) is 3.96. The Bertz CT molecular complexity index is 358. The molecule has 2 N–H and O–H groups in total. The van der Waals surface area contributed by atoms with Crippen LogP contribution in [0, 0.1) is 0 Å². The Morgan fingerprint density at radius 2 is 1.80 bits per heavy atom. The summed E-state index contributed by atoms with van der Waals surface area (Å²) in [7, 11) is 0. The zero-order chi connectivity index (χ0) is 10.8. The van der Waals surface area contributed by atoms with Crippen LogP contribution in [0.4, 0.5) is 0 Å². The lowest BCUT2D eigenvalue weighted by molar-refractivity contribution is 0.270. The molecule has 1 aromatic carbocycles. The van der Waals surface area contributed by atoms with E-state index < -0.39 is 0 Å². The highest BCUT2D eigenvalue weighted by molar-refractivity contribution is 5.44. The van der Waals surface area contributed by atoms with Crippen molar-refractivity contribution in [1.82, 2.24) is 0 Å². The molecular formula is C13H18O2. The van der Waals surface area contributed by atoms with Gasteiger partial charge in [0.15, 0.2) is 0 Å². The van der Waals surface area contributed by atoms with Crippen LogP contribution < -0.4 is 0 Å². The van der Waals surface area contributed by atoms with Gasteiger partial charge in [-0.3, -0.25) is 0 Å². The maximum atomic E-state index is 9.86. The molecule has 1 aliphatic rings. The highest BCUT2D eigenvalue weighted by atomic mass is 16.3. The summed E-state index contributed by atoms with van der Waals surface area (Å²) in [6.45, 7) is 2.02. The average Bonchev–Trinajstić information content (AvgIpc) is 2.27. The van der Waals surface area contributed by atoms with Crippen LogP contribution in [0.3, 0.4) is 0 Å². The Labute approximate surface area is 90.6 Å². The summed E-state index contributed by atoms with van der Waals surface area (Å²) in [4.78, 5) is 0. The van der Waals surface area contributed by atoms with E-state index >= 15 is 0 Å². The predicted octanol–water partition coefficient (Wildman–Crippen LogP) is 2.37. The first kappa shape index (κ1) is 10.5. The fourth-order valence-corrected chi connectivity index (χ4v) is 2.28. The minimum absolute atomic E-state index is 0.0252. The van der Waals surface area contributed by atoms with Gasteiger partial charge in [0, 0.05) is 12.5 Å². The van der Waals surface area contributed by atoms with Gasteiger partial charge in [-0.15, -0.1) is 0 Å². The topological polar surface area (TPSA) is 40.5 Å². The molecule has 15 heavy (non-hydrogen) atoms. The van der Waals surface area contributed by atoms with Gasteiger partial charge >= 0.3 is 0 Å². The van der Waals surface area contributed by atoms with Crippen molar-refractivity contribution in [3.05, 3.63) is 28.8 Å². The molecule has 0 bridgehead atoms. The van der Waals surface area contributed by atoms with Gasteiger partial charge in [-0.1, -0.05) is 13.0 Å². The molecule has 2 rings (SSSR count). The van der Waals surface area contributed by atoms with E-state index in [9.17, 15) is 5.11 Å². The summed E-state index contributed by atoms with van der Waals surface area (Å²) in [5, 5.41) is 19.0. The number of fused-ring (bicyclic) bond motifs is 1. The van der Waals surface area contributed by atoms with Crippen LogP contribution in [0.5, 0.6) is 5.75 Å². The van der Waals surface area contributed by atoms with E-state index in [1.165, 1.54) is 24.0 Å². The molecule has 1 atom stereocenters. The van der Waals surface area contributed by atoms with Gasteiger partial charge in [0.1, 0.15) is 5.75 Å². The fraction of sp³-hybridized carbons (Fsp3) is 0.538. The van der Waals surface area contributed by atoms with E-state index in [2.05, 4.69) is 6.07 Å². The molecule has 0 spiro atoms. The smallest absolute Gasteiger partial charge is 0.119 e. The molecule has 0 saturated carbocycles. The molecule has 0 saturated heterocycles. The van der Waals surface area contributed by atoms with E-state index in [4.69, 9.17) is 5.11 Å². The monoisotopic (exact) mass is 206 g/mol. The summed E-state index contributed by atoms with van der Waals surface area (Å²) in [5.41, 5.74) is 3.53. The van der Waals surface area contributed by atoms with Gasteiger partial charge in [-0.05, 0) is 48.4 Å². The van der Waals surface area contributed by atoms with Crippen molar-refractivity contribution in [2.45, 2.75) is 38.5 Å². The van der Waals surface area contributed by atoms with E-state index in [-0.39, 0.29) is 12.5 Å². The quantitative estimate of drug-likeness (QED) is 0.780. The Morgan fingerprint density at radius 1 is 1.20 bits per heavy atom. The molecular weight excluding hydrogens is 188 g/mol. The maximum absolute atomic E-state index is 9.86. The SMILES string of the molecule is CC(CO)c1cc2c(cc1O)CCCC2. The number of aliphatic hydroxyl groups is 1. The highest BCUT2D eigenvalue weighted by Crippen LogP contribution is 2.32. The van der Waals surface area contributed by atoms with Crippen LogP contribution in [0.15, 0.2) is 12.1 Å².